The highest BCUT2D eigenvalue weighted by atomic mass is 16.5. The molecule has 7 nitrogen and oxygen atoms in total. The fraction of sp³-hybridized carbons (Fsp3) is 0.444. The molecule has 0 spiro atoms. The van der Waals surface area contributed by atoms with Gasteiger partial charge < -0.3 is 20.5 Å². The van der Waals surface area contributed by atoms with Gasteiger partial charge in [0.05, 0.1) is 12.3 Å². The van der Waals surface area contributed by atoms with Crippen LogP contribution in [0, 0.1) is 17.8 Å². The molecule has 1 aliphatic rings. The number of benzene rings is 2. The van der Waals surface area contributed by atoms with Crippen molar-refractivity contribution in [2.45, 2.75) is 46.1 Å². The van der Waals surface area contributed by atoms with Crippen molar-refractivity contribution in [3.05, 3.63) is 59.7 Å². The van der Waals surface area contributed by atoms with Gasteiger partial charge in [-0.05, 0) is 34.1 Å². The van der Waals surface area contributed by atoms with E-state index < -0.39 is 24.0 Å². The maximum Gasteiger partial charge on any atom is 0.407 e. The number of carbonyl (C=O) groups is 3. The molecule has 0 bridgehead atoms. The second kappa shape index (κ2) is 11.2. The van der Waals surface area contributed by atoms with E-state index in [-0.39, 0.29) is 43.2 Å². The highest BCUT2D eigenvalue weighted by Crippen LogP contribution is 2.44. The molecule has 3 rings (SSSR count). The highest BCUT2D eigenvalue weighted by Gasteiger charge is 2.30. The predicted octanol–water partition coefficient (Wildman–Crippen LogP) is 4.41. The molecule has 2 amide bonds. The van der Waals surface area contributed by atoms with E-state index in [0.29, 0.717) is 0 Å². The van der Waals surface area contributed by atoms with Gasteiger partial charge in [-0.15, -0.1) is 0 Å². The summed E-state index contributed by atoms with van der Waals surface area (Å²) < 4.78 is 5.56. The smallest absolute Gasteiger partial charge is 0.407 e. The minimum absolute atomic E-state index is 0.0250. The van der Waals surface area contributed by atoms with E-state index in [1.165, 1.54) is 0 Å². The van der Waals surface area contributed by atoms with E-state index in [2.05, 4.69) is 34.9 Å². The van der Waals surface area contributed by atoms with E-state index in [4.69, 9.17) is 9.84 Å². The van der Waals surface area contributed by atoms with Crippen LogP contribution in [0.3, 0.4) is 0 Å². The third kappa shape index (κ3) is 5.95. The first-order valence-electron chi connectivity index (χ1n) is 11.8. The second-order valence-electron chi connectivity index (χ2n) is 9.51. The van der Waals surface area contributed by atoms with Gasteiger partial charge in [-0.2, -0.15) is 0 Å². The topological polar surface area (TPSA) is 105 Å². The molecule has 2 unspecified atom stereocenters. The monoisotopic (exact) mass is 466 g/mol. The SMILES string of the molecule is CC(C)C(CC(=O)O)NC(=O)C(CNC(=O)OCC1c2ccccc2-c2ccccc21)C(C)C. The molecule has 0 fully saturated rings. The van der Waals surface area contributed by atoms with Crippen LogP contribution in [-0.4, -0.2) is 42.3 Å². The molecule has 0 aliphatic heterocycles. The Morgan fingerprint density at radius 2 is 1.47 bits per heavy atom. The first-order chi connectivity index (χ1) is 16.2. The molecule has 0 aromatic heterocycles. The van der Waals surface area contributed by atoms with Gasteiger partial charge in [0.15, 0.2) is 0 Å². The zero-order chi connectivity index (χ0) is 24.8. The van der Waals surface area contributed by atoms with Crippen molar-refractivity contribution >= 4 is 18.0 Å². The molecule has 7 heteroatoms. The van der Waals surface area contributed by atoms with Gasteiger partial charge in [0.1, 0.15) is 6.61 Å². The molecule has 3 N–H and O–H groups in total. The summed E-state index contributed by atoms with van der Waals surface area (Å²) in [4.78, 5) is 36.5. The molecule has 1 aliphatic carbocycles. The Morgan fingerprint density at radius 3 is 1.97 bits per heavy atom. The standard InChI is InChI=1S/C27H34N2O5/c1-16(2)22(26(32)29-24(17(3)4)13-25(30)31)14-28-27(33)34-15-23-20-11-7-5-9-18(20)19-10-6-8-12-21(19)23/h5-12,16-17,22-24H,13-15H2,1-4H3,(H,28,33)(H,29,32)(H,30,31). The maximum absolute atomic E-state index is 12.8. The Balaban J connectivity index is 1.58. The third-order valence-electron chi connectivity index (χ3n) is 6.48. The lowest BCUT2D eigenvalue weighted by Gasteiger charge is -2.26. The Kier molecular flexibility index (Phi) is 8.31. The van der Waals surface area contributed by atoms with Crippen molar-refractivity contribution in [3.63, 3.8) is 0 Å². The van der Waals surface area contributed by atoms with Gasteiger partial charge in [0.2, 0.25) is 5.91 Å². The molecule has 0 heterocycles. The van der Waals surface area contributed by atoms with Gasteiger partial charge in [0.25, 0.3) is 0 Å². The van der Waals surface area contributed by atoms with E-state index >= 15 is 0 Å². The van der Waals surface area contributed by atoms with Gasteiger partial charge in [0, 0.05) is 18.5 Å². The lowest BCUT2D eigenvalue weighted by molar-refractivity contribution is -0.138. The Bertz CT molecular complexity index is 988. The van der Waals surface area contributed by atoms with Crippen molar-refractivity contribution in [2.24, 2.45) is 17.8 Å². The van der Waals surface area contributed by atoms with Crippen LogP contribution >= 0.6 is 0 Å². The summed E-state index contributed by atoms with van der Waals surface area (Å²) in [5, 5.41) is 14.7. The van der Waals surface area contributed by atoms with E-state index in [1.807, 2.05) is 52.0 Å². The molecular formula is C27H34N2O5. The summed E-state index contributed by atoms with van der Waals surface area (Å²) in [6.07, 6.45) is -0.722. The van der Waals surface area contributed by atoms with Crippen molar-refractivity contribution in [1.82, 2.24) is 10.6 Å². The number of carbonyl (C=O) groups excluding carboxylic acids is 2. The summed E-state index contributed by atoms with van der Waals surface area (Å²) in [7, 11) is 0. The van der Waals surface area contributed by atoms with Crippen molar-refractivity contribution in [3.8, 4) is 11.1 Å². The van der Waals surface area contributed by atoms with Gasteiger partial charge >= 0.3 is 12.1 Å². The van der Waals surface area contributed by atoms with Gasteiger partial charge in [-0.25, -0.2) is 4.79 Å². The zero-order valence-electron chi connectivity index (χ0n) is 20.2. The molecular weight excluding hydrogens is 432 g/mol. The Hall–Kier alpha value is -3.35. The van der Waals surface area contributed by atoms with E-state index in [1.54, 1.807) is 0 Å². The highest BCUT2D eigenvalue weighted by molar-refractivity contribution is 5.81. The molecule has 2 aromatic carbocycles. The summed E-state index contributed by atoms with van der Waals surface area (Å²) in [5.74, 6) is -1.85. The Morgan fingerprint density at radius 1 is 0.912 bits per heavy atom. The first kappa shape index (κ1) is 25.3. The zero-order valence-corrected chi connectivity index (χ0v) is 20.2. The number of hydrogen-bond acceptors (Lipinski definition) is 4. The molecule has 0 radical (unpaired) electrons. The molecule has 182 valence electrons. The number of carboxylic acids is 1. The number of hydrogen-bond donors (Lipinski definition) is 3. The van der Waals surface area contributed by atoms with Crippen LogP contribution in [0.1, 0.15) is 51.2 Å². The normalized spacial score (nSPS) is 14.3. The van der Waals surface area contributed by atoms with Crippen LogP contribution in [-0.2, 0) is 14.3 Å². The molecule has 0 saturated carbocycles. The number of carboxylic acid groups (broad SMARTS) is 1. The molecule has 34 heavy (non-hydrogen) atoms. The van der Waals surface area contributed by atoms with E-state index in [0.717, 1.165) is 22.3 Å². The number of amides is 2. The van der Waals surface area contributed by atoms with Gasteiger partial charge in [-0.1, -0.05) is 76.2 Å². The number of aliphatic carboxylic acids is 1. The Labute approximate surface area is 200 Å². The minimum Gasteiger partial charge on any atom is -0.481 e. The summed E-state index contributed by atoms with van der Waals surface area (Å²) in [6.45, 7) is 7.83. The number of nitrogens with one attached hydrogen (secondary N) is 2. The number of alkyl carbamates (subject to hydrolysis) is 1. The average molecular weight is 467 g/mol. The summed E-state index contributed by atoms with van der Waals surface area (Å²) in [6, 6.07) is 15.8. The summed E-state index contributed by atoms with van der Waals surface area (Å²) >= 11 is 0. The third-order valence-corrected chi connectivity index (χ3v) is 6.48. The quantitative estimate of drug-likeness (QED) is 0.481. The second-order valence-corrected chi connectivity index (χ2v) is 9.51. The van der Waals surface area contributed by atoms with E-state index in [9.17, 15) is 14.4 Å². The van der Waals surface area contributed by atoms with Crippen LogP contribution in [0.5, 0.6) is 0 Å². The van der Waals surface area contributed by atoms with Crippen LogP contribution in [0.2, 0.25) is 0 Å². The lowest BCUT2D eigenvalue weighted by Crippen LogP contribution is -2.47. The minimum atomic E-state index is -0.961. The largest absolute Gasteiger partial charge is 0.481 e. The molecule has 0 saturated heterocycles. The van der Waals surface area contributed by atoms with Crippen LogP contribution in [0.15, 0.2) is 48.5 Å². The number of fused-ring (bicyclic) bond motifs is 3. The van der Waals surface area contributed by atoms with Crippen LogP contribution in [0.4, 0.5) is 4.79 Å². The summed E-state index contributed by atoms with van der Waals surface area (Å²) in [5.41, 5.74) is 4.58. The lowest BCUT2D eigenvalue weighted by atomic mass is 9.93. The fourth-order valence-corrected chi connectivity index (χ4v) is 4.41. The molecule has 2 atom stereocenters. The molecule has 2 aromatic rings. The van der Waals surface area contributed by atoms with Crippen LogP contribution in [0.25, 0.3) is 11.1 Å². The fourth-order valence-electron chi connectivity index (χ4n) is 4.41. The number of ether oxygens (including phenoxy) is 1. The number of rotatable bonds is 10. The predicted molar refractivity (Wildman–Crippen MR) is 130 cm³/mol. The first-order valence-corrected chi connectivity index (χ1v) is 11.8. The maximum atomic E-state index is 12.8. The van der Waals surface area contributed by atoms with Crippen molar-refractivity contribution in [2.75, 3.05) is 13.2 Å². The van der Waals surface area contributed by atoms with Crippen molar-refractivity contribution in [1.29, 1.82) is 0 Å². The van der Waals surface area contributed by atoms with Crippen molar-refractivity contribution < 1.29 is 24.2 Å². The van der Waals surface area contributed by atoms with Crippen LogP contribution < -0.4 is 10.6 Å². The average Bonchev–Trinajstić information content (AvgIpc) is 3.10. The van der Waals surface area contributed by atoms with Gasteiger partial charge in [-0.3, -0.25) is 9.59 Å².